The maximum atomic E-state index is 15.4. The molecule has 216 valence electrons. The van der Waals surface area contributed by atoms with E-state index in [1.54, 1.807) is 0 Å². The molecule has 0 saturated carbocycles. The zero-order valence-electron chi connectivity index (χ0n) is 21.8. The maximum Gasteiger partial charge on any atom is 0.260 e. The lowest BCUT2D eigenvalue weighted by Crippen LogP contribution is -2.44. The van der Waals surface area contributed by atoms with Crippen molar-refractivity contribution in [3.63, 3.8) is 0 Å². The van der Waals surface area contributed by atoms with Crippen molar-refractivity contribution in [3.8, 4) is 22.3 Å². The van der Waals surface area contributed by atoms with Crippen LogP contribution in [0.15, 0.2) is 53.5 Å². The molecule has 2 aromatic carbocycles. The van der Waals surface area contributed by atoms with Gasteiger partial charge in [0.25, 0.3) is 5.56 Å². The molecule has 1 saturated heterocycles. The van der Waals surface area contributed by atoms with Gasteiger partial charge in [0.1, 0.15) is 18.5 Å². The highest BCUT2D eigenvalue weighted by molar-refractivity contribution is 7.92. The number of hydrogen-bond acceptors (Lipinski definition) is 7. The minimum Gasteiger partial charge on any atom is -0.350 e. The molecule has 0 bridgehead atoms. The lowest BCUT2D eigenvalue weighted by molar-refractivity contribution is 0.254. The fourth-order valence-corrected chi connectivity index (χ4v) is 5.37. The van der Waals surface area contributed by atoms with Crippen LogP contribution in [-0.4, -0.2) is 61.2 Å². The standard InChI is InChI=1S/C27H26F4N6O3S/c1-41(39,40)36-18-4-2-15(3-5-18)20-6-7-21(24(31)23(20)30)22-10-16-12-33-27(34-19-11-17(29)13-32-14-19)35-25(16)37(9-8-28)26(22)38/h2-7,10,12,17,19,32,36H,8-9,11,13-14H2,1H3,(H,33,34,35)/t17-,19-/m0/s1. The van der Waals surface area contributed by atoms with E-state index in [2.05, 4.69) is 25.3 Å². The van der Waals surface area contributed by atoms with E-state index in [-0.39, 0.29) is 65.1 Å². The first kappa shape index (κ1) is 28.5. The number of fused-ring (bicyclic) bond motifs is 1. The highest BCUT2D eigenvalue weighted by Crippen LogP contribution is 2.32. The number of rotatable bonds is 8. The van der Waals surface area contributed by atoms with Crippen LogP contribution in [0.3, 0.4) is 0 Å². The Morgan fingerprint density at radius 2 is 1.76 bits per heavy atom. The molecule has 1 aliphatic rings. The molecule has 1 fully saturated rings. The molecule has 5 rings (SSSR count). The van der Waals surface area contributed by atoms with Crippen LogP contribution in [0.4, 0.5) is 29.2 Å². The van der Waals surface area contributed by atoms with Crippen molar-refractivity contribution in [3.05, 3.63) is 70.6 Å². The number of aryl methyl sites for hydroxylation is 1. The minimum absolute atomic E-state index is 0.0924. The molecule has 0 aliphatic carbocycles. The monoisotopic (exact) mass is 590 g/mol. The number of nitrogens with one attached hydrogen (secondary N) is 3. The van der Waals surface area contributed by atoms with Crippen molar-refractivity contribution in [2.75, 3.05) is 36.1 Å². The number of benzene rings is 2. The van der Waals surface area contributed by atoms with Crippen molar-refractivity contribution >= 4 is 32.7 Å². The number of nitrogens with zero attached hydrogens (tertiary/aromatic N) is 3. The molecule has 2 aromatic heterocycles. The molecule has 0 amide bonds. The van der Waals surface area contributed by atoms with Gasteiger partial charge < -0.3 is 10.6 Å². The Kier molecular flexibility index (Phi) is 7.95. The van der Waals surface area contributed by atoms with E-state index in [1.807, 2.05) is 0 Å². The molecule has 3 N–H and O–H groups in total. The second-order valence-corrected chi connectivity index (χ2v) is 11.5. The van der Waals surface area contributed by atoms with E-state index in [4.69, 9.17) is 0 Å². The van der Waals surface area contributed by atoms with Crippen LogP contribution < -0.4 is 20.9 Å². The second-order valence-electron chi connectivity index (χ2n) is 9.75. The molecular formula is C27H26F4N6O3S. The van der Waals surface area contributed by atoms with Crippen LogP contribution in [0.1, 0.15) is 6.42 Å². The summed E-state index contributed by atoms with van der Waals surface area (Å²) in [7, 11) is -3.51. The van der Waals surface area contributed by atoms with E-state index in [0.29, 0.717) is 11.9 Å². The molecule has 2 atom stereocenters. The SMILES string of the molecule is CS(=O)(=O)Nc1ccc(-c2ccc(-c3cc4cnc(N[C@@H]5CNC[C@@H](F)C5)nc4n(CCF)c3=O)c(F)c2F)cc1. The number of sulfonamides is 1. The number of hydrogen-bond donors (Lipinski definition) is 3. The van der Waals surface area contributed by atoms with Gasteiger partial charge in [-0.1, -0.05) is 24.3 Å². The Morgan fingerprint density at radius 1 is 1.05 bits per heavy atom. The van der Waals surface area contributed by atoms with Gasteiger partial charge in [-0.15, -0.1) is 0 Å². The molecule has 41 heavy (non-hydrogen) atoms. The molecule has 3 heterocycles. The predicted molar refractivity (Wildman–Crippen MR) is 149 cm³/mol. The summed E-state index contributed by atoms with van der Waals surface area (Å²) in [4.78, 5) is 22.0. The highest BCUT2D eigenvalue weighted by atomic mass is 32.2. The summed E-state index contributed by atoms with van der Waals surface area (Å²) < 4.78 is 84.1. The molecule has 14 heteroatoms. The number of alkyl halides is 2. The zero-order valence-corrected chi connectivity index (χ0v) is 22.6. The second kappa shape index (κ2) is 11.4. The molecule has 4 aromatic rings. The Morgan fingerprint density at radius 3 is 2.44 bits per heavy atom. The smallest absolute Gasteiger partial charge is 0.260 e. The van der Waals surface area contributed by atoms with Crippen LogP contribution in [0.2, 0.25) is 0 Å². The Hall–Kier alpha value is -4.04. The molecule has 0 unspecified atom stereocenters. The van der Waals surface area contributed by atoms with Gasteiger partial charge >= 0.3 is 0 Å². The average molecular weight is 591 g/mol. The van der Waals surface area contributed by atoms with Crippen molar-refractivity contribution in [2.24, 2.45) is 0 Å². The van der Waals surface area contributed by atoms with Crippen LogP contribution in [0, 0.1) is 11.6 Å². The summed E-state index contributed by atoms with van der Waals surface area (Å²) in [6.45, 7) is -0.558. The summed E-state index contributed by atoms with van der Waals surface area (Å²) in [5.41, 5.74) is -0.788. The van der Waals surface area contributed by atoms with E-state index in [0.717, 1.165) is 10.8 Å². The van der Waals surface area contributed by atoms with Crippen molar-refractivity contribution < 1.29 is 26.0 Å². The number of anilines is 2. The normalized spacial score (nSPS) is 17.5. The molecule has 9 nitrogen and oxygen atoms in total. The zero-order chi connectivity index (χ0) is 29.3. The predicted octanol–water partition coefficient (Wildman–Crippen LogP) is 3.86. The van der Waals surface area contributed by atoms with E-state index >= 15 is 8.78 Å². The summed E-state index contributed by atoms with van der Waals surface area (Å²) in [6, 6.07) is 9.24. The van der Waals surface area contributed by atoms with Gasteiger partial charge in [0.15, 0.2) is 11.6 Å². The third-order valence-corrected chi connectivity index (χ3v) is 7.24. The minimum atomic E-state index is -3.51. The third kappa shape index (κ3) is 6.17. The summed E-state index contributed by atoms with van der Waals surface area (Å²) in [6.07, 6.45) is 1.57. The van der Waals surface area contributed by atoms with Gasteiger partial charge in [-0.25, -0.2) is 31.0 Å². The van der Waals surface area contributed by atoms with Crippen molar-refractivity contribution in [1.82, 2.24) is 19.9 Å². The van der Waals surface area contributed by atoms with Gasteiger partial charge in [-0.2, -0.15) is 4.98 Å². The summed E-state index contributed by atoms with van der Waals surface area (Å²) in [5, 5.41) is 6.26. The molecule has 0 spiro atoms. The topological polar surface area (TPSA) is 118 Å². The quantitative estimate of drug-likeness (QED) is 0.267. The Bertz CT molecular complexity index is 1770. The average Bonchev–Trinajstić information content (AvgIpc) is 2.92. The Labute approximate surface area is 232 Å². The summed E-state index contributed by atoms with van der Waals surface area (Å²) in [5.74, 6) is -2.38. The number of pyridine rings is 1. The summed E-state index contributed by atoms with van der Waals surface area (Å²) >= 11 is 0. The highest BCUT2D eigenvalue weighted by Gasteiger charge is 2.23. The maximum absolute atomic E-state index is 15.4. The van der Waals surface area contributed by atoms with Crippen LogP contribution in [0.25, 0.3) is 33.3 Å². The van der Waals surface area contributed by atoms with Crippen LogP contribution in [-0.2, 0) is 16.6 Å². The lowest BCUT2D eigenvalue weighted by Gasteiger charge is -2.26. The first-order valence-electron chi connectivity index (χ1n) is 12.7. The van der Waals surface area contributed by atoms with Crippen molar-refractivity contribution in [2.45, 2.75) is 25.2 Å². The largest absolute Gasteiger partial charge is 0.350 e. The first-order chi connectivity index (χ1) is 19.5. The molecule has 0 radical (unpaired) electrons. The van der Waals surface area contributed by atoms with Crippen molar-refractivity contribution in [1.29, 1.82) is 0 Å². The number of halogens is 4. The lowest BCUT2D eigenvalue weighted by atomic mass is 9.99. The van der Waals surface area contributed by atoms with E-state index in [9.17, 15) is 22.0 Å². The fourth-order valence-electron chi connectivity index (χ4n) is 4.81. The molecular weight excluding hydrogens is 564 g/mol. The fraction of sp³-hybridized carbons (Fsp3) is 0.296. The Balaban J connectivity index is 1.52. The van der Waals surface area contributed by atoms with Crippen LogP contribution in [0.5, 0.6) is 0 Å². The van der Waals surface area contributed by atoms with Gasteiger partial charge in [0, 0.05) is 53.9 Å². The van der Waals surface area contributed by atoms with Gasteiger partial charge in [-0.3, -0.25) is 14.1 Å². The third-order valence-electron chi connectivity index (χ3n) is 6.64. The van der Waals surface area contributed by atoms with Crippen LogP contribution >= 0.6 is 0 Å². The van der Waals surface area contributed by atoms with Gasteiger partial charge in [0.05, 0.1) is 18.4 Å². The van der Waals surface area contributed by atoms with Gasteiger partial charge in [0.2, 0.25) is 16.0 Å². The van der Waals surface area contributed by atoms with E-state index in [1.165, 1.54) is 48.7 Å². The molecule has 1 aliphatic heterocycles. The number of aromatic nitrogens is 3. The first-order valence-corrected chi connectivity index (χ1v) is 14.6. The van der Waals surface area contributed by atoms with Gasteiger partial charge in [-0.05, 0) is 23.8 Å². The van der Waals surface area contributed by atoms with E-state index < -0.39 is 40.1 Å². The number of piperidine rings is 1.